The topological polar surface area (TPSA) is 96.9 Å². The van der Waals surface area contributed by atoms with E-state index in [2.05, 4.69) is 31.6 Å². The minimum atomic E-state index is -0.935. The van der Waals surface area contributed by atoms with Crippen molar-refractivity contribution in [2.24, 2.45) is 28.6 Å². The summed E-state index contributed by atoms with van der Waals surface area (Å²) in [6.45, 7) is 8.55. The molecule has 0 aromatic carbocycles. The molecule has 2 heterocycles. The van der Waals surface area contributed by atoms with Crippen molar-refractivity contribution in [3.05, 3.63) is 11.6 Å². The zero-order chi connectivity index (χ0) is 23.6. The Balaban J connectivity index is 1.59. The molecular formula is C26H40N2O5. The lowest BCUT2D eigenvalue weighted by Gasteiger charge is -2.68. The van der Waals surface area contributed by atoms with Crippen LogP contribution in [0.3, 0.4) is 0 Å². The number of esters is 2. The number of hydrazine groups is 1. The molecule has 0 aromatic rings. The quantitative estimate of drug-likeness (QED) is 0.554. The smallest absolute Gasteiger partial charge is 0.331 e. The Kier molecular flexibility index (Phi) is 5.50. The molecule has 3 N–H and O–H groups in total. The molecule has 0 aromatic heterocycles. The van der Waals surface area contributed by atoms with E-state index in [1.165, 1.54) is 19.8 Å². The number of hydrogen-bond acceptors (Lipinski definition) is 7. The summed E-state index contributed by atoms with van der Waals surface area (Å²) in [6, 6.07) is 0.352. The minimum absolute atomic E-state index is 0.0209. The van der Waals surface area contributed by atoms with E-state index in [4.69, 9.17) is 9.47 Å². The summed E-state index contributed by atoms with van der Waals surface area (Å²) in [7, 11) is 0. The first-order chi connectivity index (χ1) is 15.5. The van der Waals surface area contributed by atoms with Gasteiger partial charge in [0.15, 0.2) is 5.72 Å². The summed E-state index contributed by atoms with van der Waals surface area (Å²) in [5.41, 5.74) is 5.84. The minimum Gasteiger partial charge on any atom is -0.458 e. The number of carbonyl (C=O) groups is 2. The highest BCUT2D eigenvalue weighted by atomic mass is 16.6. The van der Waals surface area contributed by atoms with Crippen LogP contribution < -0.4 is 10.9 Å². The first-order valence-corrected chi connectivity index (χ1v) is 12.8. The van der Waals surface area contributed by atoms with E-state index < -0.39 is 16.7 Å². The zero-order valence-electron chi connectivity index (χ0n) is 20.5. The summed E-state index contributed by atoms with van der Waals surface area (Å²) < 4.78 is 11.4. The second-order valence-electron chi connectivity index (χ2n) is 12.0. The molecule has 0 spiro atoms. The summed E-state index contributed by atoms with van der Waals surface area (Å²) >= 11 is 0. The molecule has 7 heteroatoms. The SMILES string of the molecule is CC(=O)OC12CC(C)C(O)(CCC3=CC(=O)OC3)C3(C)CCCC(C)(C4CCCC4NN1)C23. The van der Waals surface area contributed by atoms with Gasteiger partial charge in [0, 0.05) is 36.8 Å². The number of ether oxygens (including phenoxy) is 2. The molecular weight excluding hydrogens is 420 g/mol. The van der Waals surface area contributed by atoms with E-state index in [0.29, 0.717) is 37.8 Å². The molecule has 4 fully saturated rings. The van der Waals surface area contributed by atoms with Gasteiger partial charge in [-0.1, -0.05) is 33.6 Å². The van der Waals surface area contributed by atoms with Gasteiger partial charge in [-0.3, -0.25) is 10.2 Å². The standard InChI is InChI=1S/C26H40N2O5/c1-16-14-26(33-17(2)29)22-23(3,19-7-5-8-20(19)27-28-26)10-6-11-24(22,4)25(16,31)12-9-18-13-21(30)32-15-18/h13,16,19-20,22,27-28,31H,5-12,14-15H2,1-4H3. The molecule has 8 unspecified atom stereocenters. The number of nitrogens with one attached hydrogen (secondary N) is 2. The average molecular weight is 461 g/mol. The first kappa shape index (κ1) is 23.3. The highest BCUT2D eigenvalue weighted by Crippen LogP contribution is 2.70. The largest absolute Gasteiger partial charge is 0.458 e. The maximum Gasteiger partial charge on any atom is 0.331 e. The van der Waals surface area contributed by atoms with Crippen molar-refractivity contribution >= 4 is 11.9 Å². The first-order valence-electron chi connectivity index (χ1n) is 12.8. The number of aliphatic hydroxyl groups is 1. The monoisotopic (exact) mass is 460 g/mol. The highest BCUT2D eigenvalue weighted by molar-refractivity contribution is 5.85. The van der Waals surface area contributed by atoms with E-state index in [0.717, 1.165) is 31.3 Å². The van der Waals surface area contributed by atoms with Gasteiger partial charge in [-0.2, -0.15) is 0 Å². The van der Waals surface area contributed by atoms with E-state index in [-0.39, 0.29) is 29.2 Å². The molecule has 33 heavy (non-hydrogen) atoms. The van der Waals surface area contributed by atoms with Crippen LogP contribution in [0.1, 0.15) is 85.5 Å². The van der Waals surface area contributed by atoms with Crippen molar-refractivity contribution in [3.63, 3.8) is 0 Å². The molecule has 5 rings (SSSR count). The van der Waals surface area contributed by atoms with Gasteiger partial charge in [-0.25, -0.2) is 10.2 Å². The predicted octanol–water partition coefficient (Wildman–Crippen LogP) is 3.37. The summed E-state index contributed by atoms with van der Waals surface area (Å²) in [5.74, 6) is -0.201. The predicted molar refractivity (Wildman–Crippen MR) is 122 cm³/mol. The molecule has 8 atom stereocenters. The maximum atomic E-state index is 12.5. The van der Waals surface area contributed by atoms with Crippen LogP contribution in [-0.4, -0.2) is 41.0 Å². The van der Waals surface area contributed by atoms with Gasteiger partial charge in [-0.05, 0) is 61.3 Å². The molecule has 0 bridgehead atoms. The average Bonchev–Trinajstić information content (AvgIpc) is 3.36. The van der Waals surface area contributed by atoms with Crippen LogP contribution in [0.2, 0.25) is 0 Å². The number of carbonyl (C=O) groups excluding carboxylic acids is 2. The van der Waals surface area contributed by atoms with Gasteiger partial charge in [0.1, 0.15) is 6.61 Å². The summed E-state index contributed by atoms with van der Waals surface area (Å²) in [5, 5.41) is 12.5. The van der Waals surface area contributed by atoms with E-state index in [1.54, 1.807) is 6.08 Å². The fourth-order valence-electron chi connectivity index (χ4n) is 9.15. The van der Waals surface area contributed by atoms with E-state index >= 15 is 0 Å². The zero-order valence-corrected chi connectivity index (χ0v) is 20.5. The Hall–Kier alpha value is -1.44. The van der Waals surface area contributed by atoms with Crippen molar-refractivity contribution in [2.75, 3.05) is 6.61 Å². The number of cyclic esters (lactones) is 1. The van der Waals surface area contributed by atoms with Crippen molar-refractivity contribution in [3.8, 4) is 0 Å². The number of hydrogen-bond donors (Lipinski definition) is 3. The molecule has 2 aliphatic heterocycles. The van der Waals surface area contributed by atoms with Crippen LogP contribution in [0.4, 0.5) is 0 Å². The molecule has 3 aliphatic carbocycles. The molecule has 0 radical (unpaired) electrons. The van der Waals surface area contributed by atoms with E-state index in [9.17, 15) is 14.7 Å². The second-order valence-corrected chi connectivity index (χ2v) is 12.0. The lowest BCUT2D eigenvalue weighted by Crippen LogP contribution is -2.75. The van der Waals surface area contributed by atoms with Gasteiger partial charge in [0.25, 0.3) is 0 Å². The van der Waals surface area contributed by atoms with Gasteiger partial charge in [0.2, 0.25) is 0 Å². The van der Waals surface area contributed by atoms with Crippen LogP contribution in [0.25, 0.3) is 0 Å². The fourth-order valence-corrected chi connectivity index (χ4v) is 9.15. The van der Waals surface area contributed by atoms with Crippen LogP contribution in [0, 0.1) is 28.6 Å². The lowest BCUT2D eigenvalue weighted by molar-refractivity contribution is -0.296. The van der Waals surface area contributed by atoms with Crippen molar-refractivity contribution in [1.29, 1.82) is 0 Å². The van der Waals surface area contributed by atoms with Gasteiger partial charge in [-0.15, -0.1) is 0 Å². The van der Waals surface area contributed by atoms with Crippen LogP contribution in [0.5, 0.6) is 0 Å². The third-order valence-corrected chi connectivity index (χ3v) is 10.3. The molecule has 5 aliphatic rings. The van der Waals surface area contributed by atoms with Crippen LogP contribution >= 0.6 is 0 Å². The van der Waals surface area contributed by atoms with Gasteiger partial charge >= 0.3 is 11.9 Å². The number of fused-ring (bicyclic) bond motifs is 2. The van der Waals surface area contributed by atoms with Gasteiger partial charge in [0.05, 0.1) is 5.60 Å². The Morgan fingerprint density at radius 3 is 2.76 bits per heavy atom. The third kappa shape index (κ3) is 3.33. The van der Waals surface area contributed by atoms with Crippen LogP contribution in [0.15, 0.2) is 11.6 Å². The Labute approximate surface area is 197 Å². The fraction of sp³-hybridized carbons (Fsp3) is 0.846. The lowest BCUT2D eigenvalue weighted by atomic mass is 9.39. The summed E-state index contributed by atoms with van der Waals surface area (Å²) in [4.78, 5) is 24.0. The molecule has 184 valence electrons. The normalized spacial score (nSPS) is 48.9. The molecule has 1 saturated heterocycles. The summed E-state index contributed by atoms with van der Waals surface area (Å²) in [6.07, 6.45) is 9.88. The Bertz CT molecular complexity index is 875. The van der Waals surface area contributed by atoms with E-state index in [1.807, 2.05) is 0 Å². The van der Waals surface area contributed by atoms with Gasteiger partial charge < -0.3 is 14.6 Å². The Morgan fingerprint density at radius 2 is 2.06 bits per heavy atom. The maximum absolute atomic E-state index is 12.5. The highest BCUT2D eigenvalue weighted by Gasteiger charge is 2.73. The second kappa shape index (κ2) is 7.79. The molecule has 3 saturated carbocycles. The van der Waals surface area contributed by atoms with Crippen molar-refractivity contribution < 1.29 is 24.2 Å². The van der Waals surface area contributed by atoms with Crippen LogP contribution in [-0.2, 0) is 19.1 Å². The Morgan fingerprint density at radius 1 is 1.27 bits per heavy atom. The molecule has 7 nitrogen and oxygen atoms in total. The van der Waals surface area contributed by atoms with Crippen molar-refractivity contribution in [2.45, 2.75) is 103 Å². The molecule has 0 amide bonds. The van der Waals surface area contributed by atoms with Crippen molar-refractivity contribution in [1.82, 2.24) is 10.9 Å². The number of rotatable bonds is 4. The third-order valence-electron chi connectivity index (χ3n) is 10.3.